The van der Waals surface area contributed by atoms with Gasteiger partial charge in [0.25, 0.3) is 0 Å². The van der Waals surface area contributed by atoms with Gasteiger partial charge in [0.05, 0.1) is 0 Å². The third-order valence-corrected chi connectivity index (χ3v) is 5.86. The topological polar surface area (TPSA) is 41.1 Å². The minimum atomic E-state index is 0.512. The van der Waals surface area contributed by atoms with Crippen LogP contribution in [0, 0.1) is 11.8 Å². The molecule has 3 fully saturated rings. The number of fused-ring (bicyclic) bond motifs is 1. The van der Waals surface area contributed by atoms with Gasteiger partial charge in [-0.1, -0.05) is 37.3 Å². The molecule has 4 nitrogen and oxygen atoms in total. The number of halogens is 1. The van der Waals surface area contributed by atoms with E-state index in [9.17, 15) is 0 Å². The van der Waals surface area contributed by atoms with E-state index in [0.717, 1.165) is 30.7 Å². The molecule has 2 saturated carbocycles. The molecular weight excluding hydrogens is 296 g/mol. The molecule has 4 rings (SSSR count). The van der Waals surface area contributed by atoms with Crippen molar-refractivity contribution in [2.75, 3.05) is 23.3 Å². The second-order valence-corrected chi connectivity index (χ2v) is 7.60. The van der Waals surface area contributed by atoms with Crippen LogP contribution < -0.4 is 10.2 Å². The number of aromatic nitrogens is 2. The van der Waals surface area contributed by atoms with Crippen molar-refractivity contribution in [1.82, 2.24) is 9.97 Å². The lowest BCUT2D eigenvalue weighted by Crippen LogP contribution is -2.25. The fourth-order valence-electron chi connectivity index (χ4n) is 4.48. The Morgan fingerprint density at radius 1 is 0.955 bits per heavy atom. The summed E-state index contributed by atoms with van der Waals surface area (Å²) in [5.74, 6) is 3.45. The number of hydrogen-bond donors (Lipinski definition) is 1. The summed E-state index contributed by atoms with van der Waals surface area (Å²) in [7, 11) is 0. The first-order valence-corrected chi connectivity index (χ1v) is 9.22. The first-order chi connectivity index (χ1) is 10.8. The van der Waals surface area contributed by atoms with Crippen molar-refractivity contribution in [2.45, 2.75) is 57.4 Å². The molecule has 0 radical (unpaired) electrons. The normalized spacial score (nSPS) is 28.9. The zero-order valence-electron chi connectivity index (χ0n) is 13.1. The second-order valence-electron chi connectivity index (χ2n) is 7.21. The van der Waals surface area contributed by atoms with Crippen LogP contribution in [0.5, 0.6) is 0 Å². The van der Waals surface area contributed by atoms with Crippen molar-refractivity contribution >= 4 is 23.4 Å². The Balaban J connectivity index is 1.48. The second kappa shape index (κ2) is 6.23. The molecule has 5 heteroatoms. The van der Waals surface area contributed by atoms with E-state index in [4.69, 9.17) is 16.6 Å². The molecule has 0 aromatic carbocycles. The molecule has 1 aromatic rings. The maximum Gasteiger partial charge on any atom is 0.226 e. The summed E-state index contributed by atoms with van der Waals surface area (Å²) < 4.78 is 0. The van der Waals surface area contributed by atoms with Crippen molar-refractivity contribution in [3.8, 4) is 0 Å². The van der Waals surface area contributed by atoms with Crippen molar-refractivity contribution < 1.29 is 0 Å². The fourth-order valence-corrected chi connectivity index (χ4v) is 4.66. The molecule has 2 aliphatic carbocycles. The molecule has 3 aliphatic rings. The van der Waals surface area contributed by atoms with Crippen molar-refractivity contribution in [1.29, 1.82) is 0 Å². The summed E-state index contributed by atoms with van der Waals surface area (Å²) in [6, 6.07) is 2.44. The van der Waals surface area contributed by atoms with Crippen molar-refractivity contribution in [3.05, 3.63) is 11.2 Å². The van der Waals surface area contributed by atoms with Gasteiger partial charge >= 0.3 is 0 Å². The van der Waals surface area contributed by atoms with E-state index in [-0.39, 0.29) is 0 Å². The summed E-state index contributed by atoms with van der Waals surface area (Å²) in [6.07, 6.45) is 10.6. The number of rotatable bonds is 3. The first-order valence-electron chi connectivity index (χ1n) is 8.84. The highest BCUT2D eigenvalue weighted by molar-refractivity contribution is 6.29. The Hall–Kier alpha value is -1.03. The van der Waals surface area contributed by atoms with Crippen LogP contribution in [0.1, 0.15) is 51.4 Å². The quantitative estimate of drug-likeness (QED) is 0.851. The molecule has 0 spiro atoms. The van der Waals surface area contributed by atoms with Crippen LogP contribution in [0.2, 0.25) is 5.15 Å². The Labute approximate surface area is 137 Å². The SMILES string of the molecule is Clc1cc(N2CC3CCCC3C2)nc(NC2CCCCC2)n1. The average molecular weight is 321 g/mol. The minimum absolute atomic E-state index is 0.512. The zero-order chi connectivity index (χ0) is 14.9. The molecule has 1 aliphatic heterocycles. The standard InChI is InChI=1S/C17H25ClN4/c18-15-9-16(22-10-12-5-4-6-13(12)11-22)21-17(20-15)19-14-7-2-1-3-8-14/h9,12-14H,1-8,10-11H2,(H,19,20,21). The van der Waals surface area contributed by atoms with Gasteiger partial charge in [-0.3, -0.25) is 0 Å². The van der Waals surface area contributed by atoms with Gasteiger partial charge < -0.3 is 10.2 Å². The fraction of sp³-hybridized carbons (Fsp3) is 0.765. The monoisotopic (exact) mass is 320 g/mol. The Morgan fingerprint density at radius 3 is 2.41 bits per heavy atom. The maximum absolute atomic E-state index is 6.25. The van der Waals surface area contributed by atoms with Crippen molar-refractivity contribution in [3.63, 3.8) is 0 Å². The molecule has 2 heterocycles. The number of hydrogen-bond acceptors (Lipinski definition) is 4. The summed E-state index contributed by atoms with van der Waals surface area (Å²) in [6.45, 7) is 2.28. The van der Waals surface area contributed by atoms with E-state index in [1.165, 1.54) is 51.4 Å². The summed E-state index contributed by atoms with van der Waals surface area (Å²) in [5, 5.41) is 4.06. The van der Waals surface area contributed by atoms with Gasteiger partial charge in [-0.25, -0.2) is 4.98 Å². The Morgan fingerprint density at radius 2 is 1.68 bits per heavy atom. The lowest BCUT2D eigenvalue weighted by atomic mass is 9.96. The van der Waals surface area contributed by atoms with Crippen LogP contribution in [0.15, 0.2) is 6.07 Å². The first kappa shape index (κ1) is 14.6. The molecule has 1 saturated heterocycles. The third kappa shape index (κ3) is 3.03. The highest BCUT2D eigenvalue weighted by atomic mass is 35.5. The Bertz CT molecular complexity index is 517. The highest BCUT2D eigenvalue weighted by Gasteiger charge is 2.36. The van der Waals surface area contributed by atoms with Crippen LogP contribution in [-0.2, 0) is 0 Å². The summed E-state index contributed by atoms with van der Waals surface area (Å²) in [5.41, 5.74) is 0. The van der Waals surface area contributed by atoms with E-state index in [1.807, 2.05) is 6.07 Å². The summed E-state index contributed by atoms with van der Waals surface area (Å²) in [4.78, 5) is 11.6. The van der Waals surface area contributed by atoms with Crippen LogP contribution in [0.3, 0.4) is 0 Å². The molecular formula is C17H25ClN4. The molecule has 1 aromatic heterocycles. The molecule has 0 bridgehead atoms. The minimum Gasteiger partial charge on any atom is -0.356 e. The van der Waals surface area contributed by atoms with Gasteiger partial charge in [0.15, 0.2) is 0 Å². The van der Waals surface area contributed by atoms with Gasteiger partial charge in [0, 0.05) is 25.2 Å². The molecule has 22 heavy (non-hydrogen) atoms. The lowest BCUT2D eigenvalue weighted by Gasteiger charge is -2.24. The van der Waals surface area contributed by atoms with E-state index in [1.54, 1.807) is 0 Å². The lowest BCUT2D eigenvalue weighted by molar-refractivity contribution is 0.461. The highest BCUT2D eigenvalue weighted by Crippen LogP contribution is 2.39. The average Bonchev–Trinajstić information content (AvgIpc) is 3.09. The maximum atomic E-state index is 6.25. The molecule has 1 N–H and O–H groups in total. The number of nitrogens with one attached hydrogen (secondary N) is 1. The van der Waals surface area contributed by atoms with E-state index in [0.29, 0.717) is 17.1 Å². The predicted molar refractivity (Wildman–Crippen MR) is 90.6 cm³/mol. The van der Waals surface area contributed by atoms with Crippen LogP contribution in [0.25, 0.3) is 0 Å². The molecule has 2 atom stereocenters. The molecule has 2 unspecified atom stereocenters. The van der Waals surface area contributed by atoms with E-state index >= 15 is 0 Å². The predicted octanol–water partition coefficient (Wildman–Crippen LogP) is 4.11. The third-order valence-electron chi connectivity index (χ3n) is 5.67. The van der Waals surface area contributed by atoms with Gasteiger partial charge in [0.2, 0.25) is 5.95 Å². The zero-order valence-corrected chi connectivity index (χ0v) is 13.9. The smallest absolute Gasteiger partial charge is 0.226 e. The van der Waals surface area contributed by atoms with Gasteiger partial charge in [-0.2, -0.15) is 4.98 Å². The van der Waals surface area contributed by atoms with Gasteiger partial charge in [0.1, 0.15) is 11.0 Å². The molecule has 120 valence electrons. The summed E-state index contributed by atoms with van der Waals surface area (Å²) >= 11 is 6.25. The van der Waals surface area contributed by atoms with Crippen LogP contribution in [-0.4, -0.2) is 29.1 Å². The van der Waals surface area contributed by atoms with Crippen LogP contribution >= 0.6 is 11.6 Å². The Kier molecular flexibility index (Phi) is 4.12. The van der Waals surface area contributed by atoms with Gasteiger partial charge in [-0.15, -0.1) is 0 Å². The molecule has 0 amide bonds. The van der Waals surface area contributed by atoms with Gasteiger partial charge in [-0.05, 0) is 37.5 Å². The number of anilines is 2. The van der Waals surface area contributed by atoms with E-state index in [2.05, 4.69) is 15.2 Å². The van der Waals surface area contributed by atoms with Crippen molar-refractivity contribution in [2.24, 2.45) is 11.8 Å². The van der Waals surface area contributed by atoms with E-state index < -0.39 is 0 Å². The van der Waals surface area contributed by atoms with Crippen LogP contribution in [0.4, 0.5) is 11.8 Å². The largest absolute Gasteiger partial charge is 0.356 e. The number of nitrogens with zero attached hydrogens (tertiary/aromatic N) is 3.